The minimum absolute atomic E-state index is 0.0355. The number of esters is 2. The van der Waals surface area contributed by atoms with Gasteiger partial charge in [0.2, 0.25) is 0 Å². The molecule has 0 rings (SSSR count). The van der Waals surface area contributed by atoms with Gasteiger partial charge in [0.05, 0.1) is 40.3 Å². The number of carbonyl (C=O) groups excluding carboxylic acids is 3. The molecule has 0 aromatic rings. The van der Waals surface area contributed by atoms with E-state index in [1.54, 1.807) is 21.1 Å². The Balaban J connectivity index is 4.27. The quantitative estimate of drug-likeness (QED) is 0.0197. The number of aliphatic carboxylic acids is 1. The van der Waals surface area contributed by atoms with Crippen LogP contribution < -0.4 is 5.11 Å². The van der Waals surface area contributed by atoms with Crippen LogP contribution in [0, 0.1) is 0 Å². The fourth-order valence-electron chi connectivity index (χ4n) is 7.70. The highest BCUT2D eigenvalue weighted by Gasteiger charge is 2.25. The first-order valence-electron chi connectivity index (χ1n) is 26.0. The molecule has 0 heterocycles. The fraction of sp³-hybridized carbons (Fsp3) is 0.833. The summed E-state index contributed by atoms with van der Waals surface area (Å²) in [6.45, 7) is 4.67. The Kier molecular flexibility index (Phi) is 43.3. The highest BCUT2D eigenvalue weighted by atomic mass is 16.6. The van der Waals surface area contributed by atoms with Gasteiger partial charge in [-0.25, -0.2) is 0 Å². The lowest BCUT2D eigenvalue weighted by Crippen LogP contribution is -2.55. The molecule has 8 heteroatoms. The van der Waals surface area contributed by atoms with Gasteiger partial charge in [0.1, 0.15) is 12.6 Å². The van der Waals surface area contributed by atoms with Gasteiger partial charge in [-0.3, -0.25) is 9.59 Å². The molecule has 0 bridgehead atoms. The molecule has 0 fully saturated rings. The van der Waals surface area contributed by atoms with Crippen LogP contribution in [0.2, 0.25) is 0 Å². The monoisotopic (exact) mass is 874 g/mol. The van der Waals surface area contributed by atoms with Crippen LogP contribution in [0.1, 0.15) is 239 Å². The number of hydrogen-bond donors (Lipinski definition) is 0. The summed E-state index contributed by atoms with van der Waals surface area (Å²) in [7, 11) is 5.41. The van der Waals surface area contributed by atoms with E-state index in [1.807, 2.05) is 0 Å². The van der Waals surface area contributed by atoms with E-state index in [-0.39, 0.29) is 42.7 Å². The SMILES string of the molecule is CCCCCCCCC/C=C/C=C/CCCCCCCC(=O)OCC(COCCC(C(=O)[O-])[N+](C)(C)C)OC(=O)CCCCCCCCC/C=C/CCCCCCCCCCC. The molecular formula is C54H99NO7. The van der Waals surface area contributed by atoms with Gasteiger partial charge in [0.25, 0.3) is 0 Å². The number of carboxylic acids is 1. The Morgan fingerprint density at radius 1 is 0.484 bits per heavy atom. The first-order chi connectivity index (χ1) is 30.1. The van der Waals surface area contributed by atoms with Gasteiger partial charge in [-0.05, 0) is 64.2 Å². The van der Waals surface area contributed by atoms with Crippen molar-refractivity contribution in [2.75, 3.05) is 41.0 Å². The van der Waals surface area contributed by atoms with Crippen molar-refractivity contribution in [3.05, 3.63) is 36.5 Å². The lowest BCUT2D eigenvalue weighted by Gasteiger charge is -2.34. The fourth-order valence-corrected chi connectivity index (χ4v) is 7.70. The summed E-state index contributed by atoms with van der Waals surface area (Å²) >= 11 is 0. The molecule has 0 spiro atoms. The Morgan fingerprint density at radius 3 is 1.26 bits per heavy atom. The molecule has 0 aromatic heterocycles. The number of nitrogens with zero attached hydrogens (tertiary/aromatic N) is 1. The van der Waals surface area contributed by atoms with E-state index in [0.717, 1.165) is 57.8 Å². The van der Waals surface area contributed by atoms with E-state index in [4.69, 9.17) is 14.2 Å². The number of unbranched alkanes of at least 4 members (excludes halogenated alkanes) is 28. The molecule has 0 aliphatic carbocycles. The second-order valence-electron chi connectivity index (χ2n) is 18.8. The van der Waals surface area contributed by atoms with Crippen LogP contribution in [0.4, 0.5) is 0 Å². The first-order valence-corrected chi connectivity index (χ1v) is 26.0. The predicted octanol–water partition coefficient (Wildman–Crippen LogP) is 13.6. The lowest BCUT2D eigenvalue weighted by molar-refractivity contribution is -0.889. The average Bonchev–Trinajstić information content (AvgIpc) is 3.23. The highest BCUT2D eigenvalue weighted by Crippen LogP contribution is 2.15. The van der Waals surface area contributed by atoms with Crippen molar-refractivity contribution >= 4 is 17.9 Å². The van der Waals surface area contributed by atoms with E-state index < -0.39 is 18.1 Å². The second-order valence-corrected chi connectivity index (χ2v) is 18.8. The average molecular weight is 874 g/mol. The molecule has 8 nitrogen and oxygen atoms in total. The van der Waals surface area contributed by atoms with Crippen LogP contribution >= 0.6 is 0 Å². The van der Waals surface area contributed by atoms with E-state index in [0.29, 0.717) is 12.8 Å². The normalized spacial score (nSPS) is 13.1. The molecule has 0 N–H and O–H groups in total. The summed E-state index contributed by atoms with van der Waals surface area (Å²) in [6, 6.07) is -0.729. The van der Waals surface area contributed by atoms with Gasteiger partial charge in [0.15, 0.2) is 6.10 Å². The third-order valence-corrected chi connectivity index (χ3v) is 11.8. The van der Waals surface area contributed by atoms with Gasteiger partial charge >= 0.3 is 11.9 Å². The zero-order valence-corrected chi connectivity index (χ0v) is 41.3. The van der Waals surface area contributed by atoms with E-state index >= 15 is 0 Å². The Hall–Kier alpha value is -2.45. The topological polar surface area (TPSA) is 102 Å². The number of carboxylic acid groups (broad SMARTS) is 1. The number of carbonyl (C=O) groups is 3. The number of ether oxygens (including phenoxy) is 3. The first kappa shape index (κ1) is 59.5. The minimum Gasteiger partial charge on any atom is -0.544 e. The van der Waals surface area contributed by atoms with Crippen molar-refractivity contribution in [2.45, 2.75) is 251 Å². The van der Waals surface area contributed by atoms with Crippen LogP contribution in [0.15, 0.2) is 36.5 Å². The molecule has 2 unspecified atom stereocenters. The van der Waals surface area contributed by atoms with E-state index in [2.05, 4.69) is 50.3 Å². The smallest absolute Gasteiger partial charge is 0.306 e. The molecule has 0 radical (unpaired) electrons. The van der Waals surface area contributed by atoms with Crippen LogP contribution in [0.3, 0.4) is 0 Å². The third kappa shape index (κ3) is 42.8. The zero-order chi connectivity index (χ0) is 45.6. The van der Waals surface area contributed by atoms with Crippen LogP contribution in [0.25, 0.3) is 0 Å². The molecule has 0 aliphatic heterocycles. The van der Waals surface area contributed by atoms with Crippen LogP contribution in [-0.2, 0) is 28.6 Å². The summed E-state index contributed by atoms with van der Waals surface area (Å²) in [6.07, 6.45) is 53.1. The van der Waals surface area contributed by atoms with E-state index in [1.165, 1.54) is 148 Å². The Morgan fingerprint density at radius 2 is 0.855 bits per heavy atom. The highest BCUT2D eigenvalue weighted by molar-refractivity contribution is 5.70. The minimum atomic E-state index is -1.13. The molecule has 0 aliphatic rings. The van der Waals surface area contributed by atoms with Crippen molar-refractivity contribution < 1.29 is 38.2 Å². The Bertz CT molecular complexity index is 1110. The van der Waals surface area contributed by atoms with E-state index in [9.17, 15) is 19.5 Å². The number of rotatable bonds is 47. The van der Waals surface area contributed by atoms with Crippen LogP contribution in [0.5, 0.6) is 0 Å². The van der Waals surface area contributed by atoms with Gasteiger partial charge in [-0.15, -0.1) is 0 Å². The summed E-state index contributed by atoms with van der Waals surface area (Å²) in [5, 5.41) is 11.7. The molecule has 362 valence electrons. The van der Waals surface area contributed by atoms with Gasteiger partial charge in [-0.1, -0.05) is 192 Å². The van der Waals surface area contributed by atoms with Crippen molar-refractivity contribution in [3.63, 3.8) is 0 Å². The predicted molar refractivity (Wildman–Crippen MR) is 259 cm³/mol. The number of likely N-dealkylation sites (N-methyl/N-ethyl adjacent to an activating group) is 1. The molecule has 2 atom stereocenters. The molecular weight excluding hydrogens is 775 g/mol. The number of hydrogen-bond acceptors (Lipinski definition) is 7. The van der Waals surface area contributed by atoms with Crippen molar-refractivity contribution in [1.82, 2.24) is 0 Å². The summed E-state index contributed by atoms with van der Waals surface area (Å²) in [4.78, 5) is 37.0. The Labute approximate surface area is 383 Å². The van der Waals surface area contributed by atoms with Gasteiger partial charge in [0, 0.05) is 19.3 Å². The van der Waals surface area contributed by atoms with Crippen LogP contribution in [-0.4, -0.2) is 75.5 Å². The van der Waals surface area contributed by atoms with Crippen molar-refractivity contribution in [1.29, 1.82) is 0 Å². The molecule has 0 amide bonds. The summed E-state index contributed by atoms with van der Waals surface area (Å²) < 4.78 is 17.2. The third-order valence-electron chi connectivity index (χ3n) is 11.8. The summed E-state index contributed by atoms with van der Waals surface area (Å²) in [5.74, 6) is -1.75. The summed E-state index contributed by atoms with van der Waals surface area (Å²) in [5.41, 5.74) is 0. The van der Waals surface area contributed by atoms with Gasteiger partial charge < -0.3 is 28.6 Å². The van der Waals surface area contributed by atoms with Crippen molar-refractivity contribution in [2.24, 2.45) is 0 Å². The lowest BCUT2D eigenvalue weighted by atomic mass is 10.1. The maximum atomic E-state index is 12.8. The molecule has 0 saturated carbocycles. The maximum absolute atomic E-state index is 12.8. The molecule has 0 saturated heterocycles. The largest absolute Gasteiger partial charge is 0.544 e. The molecule has 0 aromatic carbocycles. The second kappa shape index (κ2) is 45.1. The van der Waals surface area contributed by atoms with Gasteiger partial charge in [-0.2, -0.15) is 0 Å². The number of quaternary nitrogens is 1. The van der Waals surface area contributed by atoms with Crippen molar-refractivity contribution in [3.8, 4) is 0 Å². The number of allylic oxidation sites excluding steroid dienone is 6. The standard InChI is InChI=1S/C54H99NO7/c1-6-8-10-12-14-16-18-20-22-24-26-27-29-31-33-35-37-39-41-43-45-53(57)62-50(48-60-47-46-51(54(58)59)55(3,4)5)49-61-52(56)44-42-40-38-36-34-32-30-28-25-23-21-19-17-15-13-11-9-7-2/h23,25-28,30,50-51H,6-22,24,29,31-49H2,1-5H3/b25-23+,27-26+,30-28+. The zero-order valence-electron chi connectivity index (χ0n) is 41.3. The molecule has 62 heavy (non-hydrogen) atoms. The maximum Gasteiger partial charge on any atom is 0.306 e.